The van der Waals surface area contributed by atoms with Crippen molar-refractivity contribution >= 4 is 22.7 Å². The van der Waals surface area contributed by atoms with Crippen LogP contribution in [0.4, 0.5) is 8.78 Å². The highest BCUT2D eigenvalue weighted by Crippen LogP contribution is 2.33. The van der Waals surface area contributed by atoms with Gasteiger partial charge in [-0.1, -0.05) is 18.2 Å². The number of aromatic nitrogens is 2. The number of nitrogens with zero attached hydrogens (tertiary/aromatic N) is 2. The fourth-order valence-corrected chi connectivity index (χ4v) is 5.70. The van der Waals surface area contributed by atoms with Crippen LogP contribution in [-0.2, 0) is 16.1 Å². The molecular formula is C33H34F2N4O6. The molecule has 1 aliphatic carbocycles. The molecule has 2 heterocycles. The van der Waals surface area contributed by atoms with Crippen molar-refractivity contribution in [3.63, 3.8) is 0 Å². The van der Waals surface area contributed by atoms with Gasteiger partial charge in [0.25, 0.3) is 11.8 Å². The summed E-state index contributed by atoms with van der Waals surface area (Å²) >= 11 is 0. The quantitative estimate of drug-likeness (QED) is 0.245. The predicted molar refractivity (Wildman–Crippen MR) is 161 cm³/mol. The normalized spacial score (nSPS) is 19.3. The first-order valence-electron chi connectivity index (χ1n) is 14.8. The molecule has 45 heavy (non-hydrogen) atoms. The average molecular weight is 621 g/mol. The Balaban J connectivity index is 1.26. The summed E-state index contributed by atoms with van der Waals surface area (Å²) in [6.45, 7) is 2.62. The van der Waals surface area contributed by atoms with Crippen LogP contribution in [0, 0.1) is 0 Å². The summed E-state index contributed by atoms with van der Waals surface area (Å²) in [6.07, 6.45) is 2.58. The maximum Gasteiger partial charge on any atom is 0.321 e. The van der Waals surface area contributed by atoms with Crippen molar-refractivity contribution in [2.75, 3.05) is 6.79 Å². The molecule has 0 radical (unpaired) electrons. The lowest BCUT2D eigenvalue weighted by Crippen LogP contribution is -2.46. The third-order valence-electron chi connectivity index (χ3n) is 8.14. The Kier molecular flexibility index (Phi) is 8.43. The molecule has 6 rings (SSSR count). The molecule has 3 aromatic carbocycles. The van der Waals surface area contributed by atoms with Crippen LogP contribution in [-0.4, -0.2) is 57.6 Å². The molecule has 0 bridgehead atoms. The number of aliphatic hydroxyl groups is 1. The lowest BCUT2D eigenvalue weighted by atomic mass is 10.00. The first-order valence-corrected chi connectivity index (χ1v) is 14.8. The van der Waals surface area contributed by atoms with Crippen molar-refractivity contribution in [3.8, 4) is 17.2 Å². The standard InChI is InChI=1S/C33H34F2N4O6/c1-19(37-32(42)33(2,34)35)30(20-9-10-22-17-43-18-44-29(22)15-20)45-25-11-12-27-23(14-25)16-36-39(27)24-6-3-5-21(13-24)31(41)38-26-7-4-8-28(26)40/h3,5-6,9-16,19,26,28,30,40H,4,7-8,17-18H2,1-2H3,(H,37,42)(H,38,41)/t19-,26+,28+,30-/m0/s1. The topological polar surface area (TPSA) is 124 Å². The number of carbonyl (C=O) groups excluding carboxylic acids is 2. The molecule has 4 atom stereocenters. The third kappa shape index (κ3) is 6.62. The van der Waals surface area contributed by atoms with E-state index in [4.69, 9.17) is 14.2 Å². The minimum Gasteiger partial charge on any atom is -0.484 e. The highest BCUT2D eigenvalue weighted by Gasteiger charge is 2.35. The van der Waals surface area contributed by atoms with Gasteiger partial charge < -0.3 is 30.0 Å². The van der Waals surface area contributed by atoms with Crippen molar-refractivity contribution < 1.29 is 37.7 Å². The van der Waals surface area contributed by atoms with Crippen LogP contribution in [0.15, 0.2) is 66.9 Å². The van der Waals surface area contributed by atoms with Gasteiger partial charge in [0, 0.05) is 23.4 Å². The minimum atomic E-state index is -3.56. The van der Waals surface area contributed by atoms with E-state index in [1.54, 1.807) is 60.3 Å². The SMILES string of the molecule is C[C@H](NC(=O)C(C)(F)F)[C@H](Oc1ccc2c(cnn2-c2cccc(C(=O)N[C@@H]3CCC[C@H]3O)c2)c1)c1ccc2c(c1)OCOC2. The Bertz CT molecular complexity index is 1720. The lowest BCUT2D eigenvalue weighted by molar-refractivity contribution is -0.144. The average Bonchev–Trinajstić information content (AvgIpc) is 3.64. The zero-order valence-corrected chi connectivity index (χ0v) is 24.8. The van der Waals surface area contributed by atoms with Crippen molar-refractivity contribution in [2.45, 2.75) is 69.9 Å². The molecule has 0 saturated heterocycles. The van der Waals surface area contributed by atoms with Gasteiger partial charge in [0.15, 0.2) is 6.79 Å². The van der Waals surface area contributed by atoms with Crippen LogP contribution in [0.3, 0.4) is 0 Å². The summed E-state index contributed by atoms with van der Waals surface area (Å²) < 4.78 is 46.5. The van der Waals surface area contributed by atoms with Crippen LogP contribution < -0.4 is 20.1 Å². The van der Waals surface area contributed by atoms with Crippen molar-refractivity contribution in [3.05, 3.63) is 83.6 Å². The minimum absolute atomic E-state index is 0.0915. The number of rotatable bonds is 9. The van der Waals surface area contributed by atoms with E-state index in [0.717, 1.165) is 29.3 Å². The van der Waals surface area contributed by atoms with E-state index >= 15 is 0 Å². The zero-order chi connectivity index (χ0) is 31.7. The molecule has 10 nitrogen and oxygen atoms in total. The molecular weight excluding hydrogens is 586 g/mol. The molecule has 2 amide bonds. The second-order valence-electron chi connectivity index (χ2n) is 11.6. The summed E-state index contributed by atoms with van der Waals surface area (Å²) in [5, 5.41) is 20.7. The number of alkyl halides is 2. The molecule has 1 saturated carbocycles. The number of nitrogens with one attached hydrogen (secondary N) is 2. The molecule has 3 N–H and O–H groups in total. The Morgan fingerprint density at radius 2 is 1.98 bits per heavy atom. The maximum absolute atomic E-state index is 13.8. The number of hydrogen-bond donors (Lipinski definition) is 3. The van der Waals surface area contributed by atoms with E-state index in [9.17, 15) is 23.5 Å². The van der Waals surface area contributed by atoms with Gasteiger partial charge in [0.1, 0.15) is 17.6 Å². The molecule has 0 unspecified atom stereocenters. The first kappa shape index (κ1) is 30.5. The Morgan fingerprint density at radius 3 is 2.76 bits per heavy atom. The van der Waals surface area contributed by atoms with Gasteiger partial charge in [-0.2, -0.15) is 13.9 Å². The number of carbonyl (C=O) groups is 2. The zero-order valence-electron chi connectivity index (χ0n) is 24.8. The highest BCUT2D eigenvalue weighted by molar-refractivity contribution is 5.95. The number of aliphatic hydroxyl groups excluding tert-OH is 1. The lowest BCUT2D eigenvalue weighted by Gasteiger charge is -2.28. The molecule has 1 aromatic heterocycles. The van der Waals surface area contributed by atoms with E-state index in [0.29, 0.717) is 48.3 Å². The summed E-state index contributed by atoms with van der Waals surface area (Å²) in [4.78, 5) is 25.1. The molecule has 0 spiro atoms. The van der Waals surface area contributed by atoms with E-state index < -0.39 is 30.1 Å². The molecule has 236 valence electrons. The largest absolute Gasteiger partial charge is 0.484 e. The summed E-state index contributed by atoms with van der Waals surface area (Å²) in [6, 6.07) is 16.7. The van der Waals surface area contributed by atoms with E-state index in [1.165, 1.54) is 0 Å². The monoisotopic (exact) mass is 620 g/mol. The van der Waals surface area contributed by atoms with Gasteiger partial charge in [-0.05, 0) is 74.2 Å². The number of benzene rings is 3. The Morgan fingerprint density at radius 1 is 1.13 bits per heavy atom. The summed E-state index contributed by atoms with van der Waals surface area (Å²) in [5.41, 5.74) is 3.33. The van der Waals surface area contributed by atoms with Crippen molar-refractivity contribution in [1.82, 2.24) is 20.4 Å². The fraction of sp³-hybridized carbons (Fsp3) is 0.364. The van der Waals surface area contributed by atoms with Gasteiger partial charge in [0.05, 0.1) is 42.2 Å². The van der Waals surface area contributed by atoms with Gasteiger partial charge in [-0.15, -0.1) is 0 Å². The van der Waals surface area contributed by atoms with Crippen molar-refractivity contribution in [1.29, 1.82) is 0 Å². The van der Waals surface area contributed by atoms with Crippen LogP contribution >= 0.6 is 0 Å². The van der Waals surface area contributed by atoms with Crippen LogP contribution in [0.25, 0.3) is 16.6 Å². The number of halogens is 2. The number of hydrogen-bond acceptors (Lipinski definition) is 7. The Labute approximate surface area is 258 Å². The Hall–Kier alpha value is -4.55. The second-order valence-corrected chi connectivity index (χ2v) is 11.6. The number of amides is 2. The first-order chi connectivity index (χ1) is 21.6. The van der Waals surface area contributed by atoms with Crippen LogP contribution in [0.2, 0.25) is 0 Å². The van der Waals surface area contributed by atoms with E-state index in [-0.39, 0.29) is 18.7 Å². The van der Waals surface area contributed by atoms with Gasteiger partial charge in [-0.3, -0.25) is 9.59 Å². The maximum atomic E-state index is 13.8. The molecule has 4 aromatic rings. The number of ether oxygens (including phenoxy) is 3. The smallest absolute Gasteiger partial charge is 0.321 e. The molecule has 1 aliphatic heterocycles. The van der Waals surface area contributed by atoms with Crippen LogP contribution in [0.5, 0.6) is 11.5 Å². The van der Waals surface area contributed by atoms with E-state index in [1.807, 2.05) is 18.2 Å². The van der Waals surface area contributed by atoms with E-state index in [2.05, 4.69) is 15.7 Å². The predicted octanol–water partition coefficient (Wildman–Crippen LogP) is 4.82. The molecule has 2 aliphatic rings. The fourth-order valence-electron chi connectivity index (χ4n) is 5.70. The summed E-state index contributed by atoms with van der Waals surface area (Å²) in [7, 11) is 0. The van der Waals surface area contributed by atoms with Gasteiger partial charge in [-0.25, -0.2) is 4.68 Å². The third-order valence-corrected chi connectivity index (χ3v) is 8.14. The molecule has 12 heteroatoms. The summed E-state index contributed by atoms with van der Waals surface area (Å²) in [5.74, 6) is -4.19. The highest BCUT2D eigenvalue weighted by atomic mass is 19.3. The van der Waals surface area contributed by atoms with Crippen molar-refractivity contribution in [2.24, 2.45) is 0 Å². The molecule has 1 fully saturated rings. The van der Waals surface area contributed by atoms with Gasteiger partial charge >= 0.3 is 5.92 Å². The van der Waals surface area contributed by atoms with Crippen LogP contribution in [0.1, 0.15) is 60.7 Å². The second kappa shape index (κ2) is 12.4. The number of fused-ring (bicyclic) bond motifs is 2. The van der Waals surface area contributed by atoms with Gasteiger partial charge in [0.2, 0.25) is 0 Å².